The van der Waals surface area contributed by atoms with Gasteiger partial charge in [-0.3, -0.25) is 5.10 Å². The van der Waals surface area contributed by atoms with Crippen LogP contribution < -0.4 is 5.32 Å². The van der Waals surface area contributed by atoms with E-state index in [0.717, 1.165) is 16.8 Å². The number of benzene rings is 1. The number of aromatic nitrogens is 2. The Balaban J connectivity index is 2.31. The minimum absolute atomic E-state index is 0.680. The summed E-state index contributed by atoms with van der Waals surface area (Å²) < 4.78 is 0. The third kappa shape index (κ3) is 2.30. The predicted octanol–water partition coefficient (Wildman–Crippen LogP) is 1.65. The summed E-state index contributed by atoms with van der Waals surface area (Å²) in [5.74, 6) is 6.11. The van der Waals surface area contributed by atoms with Crippen molar-refractivity contribution in [3.63, 3.8) is 0 Å². The standard InChI is InChI=1S/C13H13N3/c1-14-9-5-8-12-10-15-16-13(12)11-6-3-2-4-7-11/h2-4,6-7,10,14H,9H2,1H3,(H,15,16). The first-order valence-corrected chi connectivity index (χ1v) is 5.14. The van der Waals surface area contributed by atoms with E-state index < -0.39 is 0 Å². The molecule has 0 spiro atoms. The van der Waals surface area contributed by atoms with Crippen LogP contribution in [0.5, 0.6) is 0 Å². The summed E-state index contributed by atoms with van der Waals surface area (Å²) >= 11 is 0. The first kappa shape index (κ1) is 10.5. The summed E-state index contributed by atoms with van der Waals surface area (Å²) in [6.07, 6.45) is 1.75. The maximum absolute atomic E-state index is 4.03. The highest BCUT2D eigenvalue weighted by molar-refractivity contribution is 5.66. The highest BCUT2D eigenvalue weighted by Crippen LogP contribution is 2.19. The lowest BCUT2D eigenvalue weighted by atomic mass is 10.1. The molecule has 1 heterocycles. The fraction of sp³-hybridized carbons (Fsp3) is 0.154. The van der Waals surface area contributed by atoms with E-state index >= 15 is 0 Å². The molecule has 2 rings (SSSR count). The average molecular weight is 211 g/mol. The maximum atomic E-state index is 4.03. The minimum Gasteiger partial charge on any atom is -0.309 e. The lowest BCUT2D eigenvalue weighted by molar-refractivity contribution is 0.938. The van der Waals surface area contributed by atoms with E-state index in [1.54, 1.807) is 6.20 Å². The summed E-state index contributed by atoms with van der Waals surface area (Å²) in [7, 11) is 1.88. The quantitative estimate of drug-likeness (QED) is 0.741. The van der Waals surface area contributed by atoms with E-state index in [1.165, 1.54) is 0 Å². The Morgan fingerprint density at radius 3 is 2.88 bits per heavy atom. The molecular formula is C13H13N3. The van der Waals surface area contributed by atoms with E-state index in [2.05, 4.69) is 27.4 Å². The second kappa shape index (κ2) is 5.15. The van der Waals surface area contributed by atoms with Crippen LogP contribution in [-0.4, -0.2) is 23.8 Å². The molecule has 0 aliphatic heterocycles. The number of rotatable bonds is 2. The van der Waals surface area contributed by atoms with E-state index in [-0.39, 0.29) is 0 Å². The van der Waals surface area contributed by atoms with Gasteiger partial charge in [0, 0.05) is 5.56 Å². The Kier molecular flexibility index (Phi) is 3.37. The molecule has 0 saturated heterocycles. The van der Waals surface area contributed by atoms with Gasteiger partial charge in [-0.2, -0.15) is 5.10 Å². The molecule has 80 valence electrons. The van der Waals surface area contributed by atoms with Crippen LogP contribution in [0.4, 0.5) is 0 Å². The van der Waals surface area contributed by atoms with Gasteiger partial charge in [-0.1, -0.05) is 42.2 Å². The molecule has 0 fully saturated rings. The average Bonchev–Trinajstić information content (AvgIpc) is 2.79. The maximum Gasteiger partial charge on any atom is 0.0806 e. The molecule has 3 heteroatoms. The molecular weight excluding hydrogens is 198 g/mol. The molecule has 2 N–H and O–H groups in total. The summed E-state index contributed by atoms with van der Waals surface area (Å²) in [6.45, 7) is 0.680. The summed E-state index contributed by atoms with van der Waals surface area (Å²) in [4.78, 5) is 0. The second-order valence-electron chi connectivity index (χ2n) is 3.36. The van der Waals surface area contributed by atoms with E-state index in [9.17, 15) is 0 Å². The SMILES string of the molecule is CNCC#Cc1cn[nH]c1-c1ccccc1. The van der Waals surface area contributed by atoms with E-state index in [1.807, 2.05) is 37.4 Å². The fourth-order valence-corrected chi connectivity index (χ4v) is 1.43. The lowest BCUT2D eigenvalue weighted by Crippen LogP contribution is -2.04. The van der Waals surface area contributed by atoms with Crippen molar-refractivity contribution in [2.75, 3.05) is 13.6 Å². The Morgan fingerprint density at radius 2 is 2.12 bits per heavy atom. The topological polar surface area (TPSA) is 40.7 Å². The van der Waals surface area contributed by atoms with Gasteiger partial charge in [0.1, 0.15) is 0 Å². The summed E-state index contributed by atoms with van der Waals surface area (Å²) in [5, 5.41) is 9.99. The predicted molar refractivity (Wildman–Crippen MR) is 64.8 cm³/mol. The van der Waals surface area contributed by atoms with Gasteiger partial charge in [-0.25, -0.2) is 0 Å². The van der Waals surface area contributed by atoms with Crippen molar-refractivity contribution >= 4 is 0 Å². The zero-order valence-electron chi connectivity index (χ0n) is 9.12. The van der Waals surface area contributed by atoms with Crippen molar-refractivity contribution in [1.82, 2.24) is 15.5 Å². The Hall–Kier alpha value is -2.05. The van der Waals surface area contributed by atoms with Gasteiger partial charge in [-0.05, 0) is 7.05 Å². The molecule has 0 unspecified atom stereocenters. The number of hydrogen-bond donors (Lipinski definition) is 2. The van der Waals surface area contributed by atoms with E-state index in [4.69, 9.17) is 0 Å². The van der Waals surface area contributed by atoms with Gasteiger partial charge in [0.25, 0.3) is 0 Å². The van der Waals surface area contributed by atoms with Crippen LogP contribution in [0.15, 0.2) is 36.5 Å². The largest absolute Gasteiger partial charge is 0.309 e. The Morgan fingerprint density at radius 1 is 1.31 bits per heavy atom. The monoisotopic (exact) mass is 211 g/mol. The zero-order valence-corrected chi connectivity index (χ0v) is 9.12. The number of aromatic amines is 1. The van der Waals surface area contributed by atoms with Crippen molar-refractivity contribution in [1.29, 1.82) is 0 Å². The van der Waals surface area contributed by atoms with Crippen molar-refractivity contribution < 1.29 is 0 Å². The summed E-state index contributed by atoms with van der Waals surface area (Å²) in [6, 6.07) is 10.1. The molecule has 0 radical (unpaired) electrons. The third-order valence-electron chi connectivity index (χ3n) is 2.19. The smallest absolute Gasteiger partial charge is 0.0806 e. The van der Waals surface area contributed by atoms with Crippen LogP contribution in [-0.2, 0) is 0 Å². The highest BCUT2D eigenvalue weighted by atomic mass is 15.1. The molecule has 0 bridgehead atoms. The molecule has 1 aromatic carbocycles. The number of H-pyrrole nitrogens is 1. The molecule has 0 aliphatic carbocycles. The Bertz CT molecular complexity index is 503. The second-order valence-corrected chi connectivity index (χ2v) is 3.36. The molecule has 1 aromatic heterocycles. The molecule has 2 aromatic rings. The Labute approximate surface area is 94.9 Å². The normalized spacial score (nSPS) is 9.56. The first-order valence-electron chi connectivity index (χ1n) is 5.14. The van der Waals surface area contributed by atoms with Crippen molar-refractivity contribution in [3.8, 4) is 23.1 Å². The third-order valence-corrected chi connectivity index (χ3v) is 2.19. The molecule has 0 amide bonds. The van der Waals surface area contributed by atoms with E-state index in [0.29, 0.717) is 6.54 Å². The van der Waals surface area contributed by atoms with Gasteiger partial charge < -0.3 is 5.32 Å². The van der Waals surface area contributed by atoms with Gasteiger partial charge in [0.2, 0.25) is 0 Å². The number of nitrogens with zero attached hydrogens (tertiary/aromatic N) is 1. The summed E-state index contributed by atoms with van der Waals surface area (Å²) in [5.41, 5.74) is 3.01. The van der Waals surface area contributed by atoms with Gasteiger partial charge in [-0.15, -0.1) is 0 Å². The first-order chi connectivity index (χ1) is 7.92. The van der Waals surface area contributed by atoms with Crippen LogP contribution in [0.25, 0.3) is 11.3 Å². The number of nitrogens with one attached hydrogen (secondary N) is 2. The van der Waals surface area contributed by atoms with Crippen LogP contribution in [0.3, 0.4) is 0 Å². The minimum atomic E-state index is 0.680. The molecule has 16 heavy (non-hydrogen) atoms. The molecule has 0 atom stereocenters. The lowest BCUT2D eigenvalue weighted by Gasteiger charge is -1.97. The van der Waals surface area contributed by atoms with Crippen molar-refractivity contribution in [2.45, 2.75) is 0 Å². The molecule has 0 saturated carbocycles. The van der Waals surface area contributed by atoms with Crippen molar-refractivity contribution in [3.05, 3.63) is 42.1 Å². The van der Waals surface area contributed by atoms with Crippen LogP contribution in [0.2, 0.25) is 0 Å². The number of hydrogen-bond acceptors (Lipinski definition) is 2. The van der Waals surface area contributed by atoms with Crippen LogP contribution >= 0.6 is 0 Å². The fourth-order valence-electron chi connectivity index (χ4n) is 1.43. The molecule has 0 aliphatic rings. The van der Waals surface area contributed by atoms with Gasteiger partial charge >= 0.3 is 0 Å². The highest BCUT2D eigenvalue weighted by Gasteiger charge is 2.03. The van der Waals surface area contributed by atoms with Gasteiger partial charge in [0.05, 0.1) is 24.0 Å². The van der Waals surface area contributed by atoms with Gasteiger partial charge in [0.15, 0.2) is 0 Å². The van der Waals surface area contributed by atoms with Crippen molar-refractivity contribution in [2.24, 2.45) is 0 Å². The van der Waals surface area contributed by atoms with Crippen LogP contribution in [0, 0.1) is 11.8 Å². The zero-order chi connectivity index (χ0) is 11.2. The molecule has 3 nitrogen and oxygen atoms in total. The van der Waals surface area contributed by atoms with Crippen LogP contribution in [0.1, 0.15) is 5.56 Å².